The van der Waals surface area contributed by atoms with Crippen molar-refractivity contribution in [3.63, 3.8) is 0 Å². The summed E-state index contributed by atoms with van der Waals surface area (Å²) < 4.78 is 31.0. The van der Waals surface area contributed by atoms with Crippen molar-refractivity contribution in [3.8, 4) is 11.4 Å². The van der Waals surface area contributed by atoms with E-state index in [0.29, 0.717) is 5.69 Å². The number of aromatic nitrogens is 2. The number of nitrogens with zero attached hydrogens (tertiary/aromatic N) is 2. The Kier molecular flexibility index (Phi) is 3.19. The second-order valence-corrected chi connectivity index (χ2v) is 3.86. The molecule has 0 aliphatic rings. The highest BCUT2D eigenvalue weighted by Gasteiger charge is 2.11. The van der Waals surface area contributed by atoms with Crippen LogP contribution in [-0.2, 0) is 0 Å². The summed E-state index contributed by atoms with van der Waals surface area (Å²) in [7, 11) is 0. The van der Waals surface area contributed by atoms with Crippen molar-refractivity contribution in [2.24, 2.45) is 0 Å². The van der Waals surface area contributed by atoms with Gasteiger partial charge in [-0.1, -0.05) is 15.9 Å². The zero-order valence-electron chi connectivity index (χ0n) is 7.98. The SMILES string of the molecule is FC(F)Oc1ccc(Br)cc1-n1cccn1. The van der Waals surface area contributed by atoms with Gasteiger partial charge in [-0.3, -0.25) is 0 Å². The molecule has 2 rings (SSSR count). The van der Waals surface area contributed by atoms with Crippen molar-refractivity contribution in [2.45, 2.75) is 6.61 Å². The highest BCUT2D eigenvalue weighted by molar-refractivity contribution is 9.10. The smallest absolute Gasteiger partial charge is 0.387 e. The van der Waals surface area contributed by atoms with E-state index in [1.165, 1.54) is 10.7 Å². The first-order chi connectivity index (χ1) is 7.66. The Morgan fingerprint density at radius 1 is 1.38 bits per heavy atom. The lowest BCUT2D eigenvalue weighted by Gasteiger charge is -2.10. The molecular formula is C10H7BrF2N2O. The Morgan fingerprint density at radius 3 is 2.81 bits per heavy atom. The molecule has 0 fully saturated rings. The second-order valence-electron chi connectivity index (χ2n) is 2.94. The van der Waals surface area contributed by atoms with Crippen molar-refractivity contribution in [1.29, 1.82) is 0 Å². The van der Waals surface area contributed by atoms with Gasteiger partial charge in [0.05, 0.1) is 0 Å². The first-order valence-electron chi connectivity index (χ1n) is 4.41. The Morgan fingerprint density at radius 2 is 2.19 bits per heavy atom. The van der Waals surface area contributed by atoms with Crippen LogP contribution in [0.5, 0.6) is 5.75 Å². The molecular weight excluding hydrogens is 282 g/mol. The van der Waals surface area contributed by atoms with Crippen molar-refractivity contribution in [2.75, 3.05) is 0 Å². The normalized spacial score (nSPS) is 10.8. The minimum Gasteiger partial charge on any atom is -0.433 e. The number of alkyl halides is 2. The molecule has 0 saturated heterocycles. The molecule has 0 unspecified atom stereocenters. The minimum absolute atomic E-state index is 0.0851. The molecule has 3 nitrogen and oxygen atoms in total. The summed E-state index contributed by atoms with van der Waals surface area (Å²) in [5, 5.41) is 3.97. The number of ether oxygens (including phenoxy) is 1. The average molecular weight is 289 g/mol. The summed E-state index contributed by atoms with van der Waals surface area (Å²) in [5.74, 6) is 0.0851. The quantitative estimate of drug-likeness (QED) is 0.867. The van der Waals surface area contributed by atoms with Crippen molar-refractivity contribution in [1.82, 2.24) is 9.78 Å². The lowest BCUT2D eigenvalue weighted by molar-refractivity contribution is -0.0499. The molecule has 84 valence electrons. The van der Waals surface area contributed by atoms with Crippen LogP contribution in [0.15, 0.2) is 41.1 Å². The molecule has 1 heterocycles. The van der Waals surface area contributed by atoms with E-state index < -0.39 is 6.61 Å². The van der Waals surface area contributed by atoms with Crippen molar-refractivity contribution < 1.29 is 13.5 Å². The van der Waals surface area contributed by atoms with Crippen LogP contribution in [0.1, 0.15) is 0 Å². The van der Waals surface area contributed by atoms with E-state index in [1.54, 1.807) is 30.6 Å². The Labute approximate surface area is 98.8 Å². The predicted octanol–water partition coefficient (Wildman–Crippen LogP) is 3.24. The third kappa shape index (κ3) is 2.38. The van der Waals surface area contributed by atoms with Gasteiger partial charge in [0.1, 0.15) is 5.69 Å². The highest BCUT2D eigenvalue weighted by atomic mass is 79.9. The zero-order valence-corrected chi connectivity index (χ0v) is 9.56. The van der Waals surface area contributed by atoms with Crippen LogP contribution in [-0.4, -0.2) is 16.4 Å². The number of rotatable bonds is 3. The average Bonchev–Trinajstić information content (AvgIpc) is 2.73. The van der Waals surface area contributed by atoms with E-state index in [2.05, 4.69) is 25.8 Å². The first kappa shape index (κ1) is 11.1. The van der Waals surface area contributed by atoms with E-state index in [4.69, 9.17) is 0 Å². The van der Waals surface area contributed by atoms with Gasteiger partial charge in [0, 0.05) is 16.9 Å². The zero-order chi connectivity index (χ0) is 11.5. The largest absolute Gasteiger partial charge is 0.433 e. The maximum Gasteiger partial charge on any atom is 0.387 e. The van der Waals surface area contributed by atoms with Gasteiger partial charge in [0.15, 0.2) is 5.75 Å². The molecule has 0 amide bonds. The van der Waals surface area contributed by atoms with Crippen LogP contribution in [0.2, 0.25) is 0 Å². The summed E-state index contributed by atoms with van der Waals surface area (Å²) in [6.45, 7) is -2.85. The van der Waals surface area contributed by atoms with Gasteiger partial charge in [-0.05, 0) is 24.3 Å². The molecule has 0 saturated carbocycles. The van der Waals surface area contributed by atoms with Gasteiger partial charge < -0.3 is 4.74 Å². The number of benzene rings is 1. The van der Waals surface area contributed by atoms with Gasteiger partial charge in [0.25, 0.3) is 0 Å². The lowest BCUT2D eigenvalue weighted by atomic mass is 10.3. The molecule has 0 aliphatic heterocycles. The standard InChI is InChI=1S/C10H7BrF2N2O/c11-7-2-3-9(16-10(12)13)8(6-7)15-5-1-4-14-15/h1-6,10H. The van der Waals surface area contributed by atoms with E-state index in [0.717, 1.165) is 4.47 Å². The Balaban J connectivity index is 2.45. The maximum atomic E-state index is 12.2. The minimum atomic E-state index is -2.85. The monoisotopic (exact) mass is 288 g/mol. The second kappa shape index (κ2) is 4.61. The number of hydrogen-bond acceptors (Lipinski definition) is 2. The molecule has 0 bridgehead atoms. The van der Waals surface area contributed by atoms with Crippen molar-refractivity contribution in [3.05, 3.63) is 41.1 Å². The fourth-order valence-corrected chi connectivity index (χ4v) is 1.63. The van der Waals surface area contributed by atoms with Gasteiger partial charge in [-0.15, -0.1) is 0 Å². The van der Waals surface area contributed by atoms with Crippen LogP contribution >= 0.6 is 15.9 Å². The predicted molar refractivity (Wildman–Crippen MR) is 57.9 cm³/mol. The van der Waals surface area contributed by atoms with Gasteiger partial charge in [-0.25, -0.2) is 4.68 Å². The lowest BCUT2D eigenvalue weighted by Crippen LogP contribution is -2.06. The summed E-state index contributed by atoms with van der Waals surface area (Å²) in [5.41, 5.74) is 0.458. The summed E-state index contributed by atoms with van der Waals surface area (Å²) in [4.78, 5) is 0. The van der Waals surface area contributed by atoms with Gasteiger partial charge >= 0.3 is 6.61 Å². The third-order valence-corrected chi connectivity index (χ3v) is 2.38. The molecule has 0 atom stereocenters. The van der Waals surface area contributed by atoms with Crippen LogP contribution < -0.4 is 4.74 Å². The molecule has 0 aliphatic carbocycles. The number of hydrogen-bond donors (Lipinski definition) is 0. The molecule has 2 aromatic rings. The summed E-state index contributed by atoms with van der Waals surface area (Å²) in [6.07, 6.45) is 3.22. The maximum absolute atomic E-state index is 12.2. The highest BCUT2D eigenvalue weighted by Crippen LogP contribution is 2.27. The first-order valence-corrected chi connectivity index (χ1v) is 5.20. The Hall–Kier alpha value is -1.43. The fourth-order valence-electron chi connectivity index (χ4n) is 1.28. The van der Waals surface area contributed by atoms with E-state index in [1.807, 2.05) is 0 Å². The van der Waals surface area contributed by atoms with Crippen molar-refractivity contribution >= 4 is 15.9 Å². The van der Waals surface area contributed by atoms with E-state index in [-0.39, 0.29) is 5.75 Å². The van der Waals surface area contributed by atoms with E-state index in [9.17, 15) is 8.78 Å². The van der Waals surface area contributed by atoms with Crippen LogP contribution in [0.25, 0.3) is 5.69 Å². The summed E-state index contributed by atoms with van der Waals surface area (Å²) >= 11 is 3.26. The molecule has 1 aromatic heterocycles. The molecule has 16 heavy (non-hydrogen) atoms. The summed E-state index contributed by atoms with van der Waals surface area (Å²) in [6, 6.07) is 6.45. The molecule has 6 heteroatoms. The molecule has 0 N–H and O–H groups in total. The Bertz CT molecular complexity index is 474. The third-order valence-electron chi connectivity index (χ3n) is 1.89. The molecule has 1 aromatic carbocycles. The molecule has 0 radical (unpaired) electrons. The van der Waals surface area contributed by atoms with E-state index >= 15 is 0 Å². The topological polar surface area (TPSA) is 27.1 Å². The van der Waals surface area contributed by atoms with Crippen LogP contribution in [0, 0.1) is 0 Å². The van der Waals surface area contributed by atoms with Gasteiger partial charge in [0.2, 0.25) is 0 Å². The molecule has 0 spiro atoms. The fraction of sp³-hybridized carbons (Fsp3) is 0.100. The van der Waals surface area contributed by atoms with Crippen LogP contribution in [0.4, 0.5) is 8.78 Å². The van der Waals surface area contributed by atoms with Crippen LogP contribution in [0.3, 0.4) is 0 Å². The number of halogens is 3. The van der Waals surface area contributed by atoms with Gasteiger partial charge in [-0.2, -0.15) is 13.9 Å².